The van der Waals surface area contributed by atoms with E-state index < -0.39 is 0 Å². The van der Waals surface area contributed by atoms with E-state index >= 15 is 0 Å². The lowest BCUT2D eigenvalue weighted by Crippen LogP contribution is -2.33. The Labute approximate surface area is 123 Å². The van der Waals surface area contributed by atoms with Gasteiger partial charge in [-0.05, 0) is 31.5 Å². The monoisotopic (exact) mass is 289 g/mol. The summed E-state index contributed by atoms with van der Waals surface area (Å²) in [5.74, 6) is 0.496. The van der Waals surface area contributed by atoms with Gasteiger partial charge in [-0.3, -0.25) is 9.89 Å². The second-order valence-corrected chi connectivity index (χ2v) is 4.79. The summed E-state index contributed by atoms with van der Waals surface area (Å²) in [4.78, 5) is 12.0. The number of hydrogen-bond donors (Lipinski definition) is 3. The molecule has 2 aromatic rings. The number of benzene rings is 1. The van der Waals surface area contributed by atoms with Gasteiger partial charge in [0.1, 0.15) is 11.4 Å². The van der Waals surface area contributed by atoms with E-state index in [4.69, 9.17) is 9.84 Å². The molecule has 0 aliphatic carbocycles. The standard InChI is InChI=1S/C15H19N3O3/c1-10(6-7-19)16-15(20)14-9-13(17-18-14)11-4-3-5-12(8-11)21-2/h3-5,8-10,19H,6-7H2,1-2H3,(H,16,20)(H,17,18)/t10-/m1/s1. The first-order valence-corrected chi connectivity index (χ1v) is 6.75. The third-order valence-corrected chi connectivity index (χ3v) is 3.13. The summed E-state index contributed by atoms with van der Waals surface area (Å²) in [6.45, 7) is 1.88. The fourth-order valence-electron chi connectivity index (χ4n) is 1.94. The zero-order valence-corrected chi connectivity index (χ0v) is 12.1. The molecule has 1 heterocycles. The van der Waals surface area contributed by atoms with Crippen LogP contribution in [0, 0.1) is 0 Å². The van der Waals surface area contributed by atoms with Crippen LogP contribution in [0.3, 0.4) is 0 Å². The lowest BCUT2D eigenvalue weighted by Gasteiger charge is -2.10. The molecule has 112 valence electrons. The second-order valence-electron chi connectivity index (χ2n) is 4.79. The molecule has 1 aromatic heterocycles. The molecule has 0 unspecified atom stereocenters. The number of H-pyrrole nitrogens is 1. The minimum atomic E-state index is -0.238. The van der Waals surface area contributed by atoms with Crippen molar-refractivity contribution in [3.05, 3.63) is 36.0 Å². The number of hydrogen-bond acceptors (Lipinski definition) is 4. The van der Waals surface area contributed by atoms with Crippen molar-refractivity contribution in [1.82, 2.24) is 15.5 Å². The molecule has 0 aliphatic heterocycles. The molecule has 0 aliphatic rings. The highest BCUT2D eigenvalue weighted by molar-refractivity contribution is 5.93. The molecule has 21 heavy (non-hydrogen) atoms. The van der Waals surface area contributed by atoms with Gasteiger partial charge < -0.3 is 15.2 Å². The SMILES string of the molecule is COc1cccc(-c2cc(C(=O)N[C@H](C)CCO)[nH]n2)c1. The molecular weight excluding hydrogens is 270 g/mol. The highest BCUT2D eigenvalue weighted by Crippen LogP contribution is 2.22. The first-order chi connectivity index (χ1) is 10.1. The Kier molecular flexibility index (Phi) is 4.94. The summed E-state index contributed by atoms with van der Waals surface area (Å²) in [5.41, 5.74) is 1.93. The minimum absolute atomic E-state index is 0.0412. The molecular formula is C15H19N3O3. The number of nitrogens with one attached hydrogen (secondary N) is 2. The number of amides is 1. The number of carbonyl (C=O) groups excluding carboxylic acids is 1. The van der Waals surface area contributed by atoms with E-state index in [0.717, 1.165) is 11.3 Å². The van der Waals surface area contributed by atoms with E-state index in [1.807, 2.05) is 31.2 Å². The van der Waals surface area contributed by atoms with E-state index in [9.17, 15) is 4.79 Å². The number of aliphatic hydroxyl groups is 1. The minimum Gasteiger partial charge on any atom is -0.497 e. The summed E-state index contributed by atoms with van der Waals surface area (Å²) >= 11 is 0. The Hall–Kier alpha value is -2.34. The van der Waals surface area contributed by atoms with E-state index in [1.165, 1.54) is 0 Å². The van der Waals surface area contributed by atoms with Crippen molar-refractivity contribution >= 4 is 5.91 Å². The largest absolute Gasteiger partial charge is 0.497 e. The molecule has 6 heteroatoms. The van der Waals surface area contributed by atoms with Crippen molar-refractivity contribution in [3.8, 4) is 17.0 Å². The van der Waals surface area contributed by atoms with Crippen LogP contribution in [-0.4, -0.2) is 41.0 Å². The average molecular weight is 289 g/mol. The fraction of sp³-hybridized carbons (Fsp3) is 0.333. The van der Waals surface area contributed by atoms with Crippen molar-refractivity contribution in [2.24, 2.45) is 0 Å². The van der Waals surface area contributed by atoms with Gasteiger partial charge in [0, 0.05) is 18.2 Å². The third kappa shape index (κ3) is 3.82. The smallest absolute Gasteiger partial charge is 0.269 e. The maximum absolute atomic E-state index is 12.0. The van der Waals surface area contributed by atoms with E-state index in [1.54, 1.807) is 13.2 Å². The number of aromatic nitrogens is 2. The van der Waals surface area contributed by atoms with Gasteiger partial charge in [-0.25, -0.2) is 0 Å². The summed E-state index contributed by atoms with van der Waals surface area (Å²) < 4.78 is 5.17. The Morgan fingerprint density at radius 3 is 3.00 bits per heavy atom. The normalized spacial score (nSPS) is 12.0. The van der Waals surface area contributed by atoms with Gasteiger partial charge in [0.15, 0.2) is 0 Å². The molecule has 0 fully saturated rings. The molecule has 1 aromatic carbocycles. The van der Waals surface area contributed by atoms with Gasteiger partial charge in [0.25, 0.3) is 5.91 Å². The molecule has 0 saturated carbocycles. The first-order valence-electron chi connectivity index (χ1n) is 6.75. The lowest BCUT2D eigenvalue weighted by molar-refractivity contribution is 0.0929. The van der Waals surface area contributed by atoms with Crippen molar-refractivity contribution in [2.45, 2.75) is 19.4 Å². The first kappa shape index (κ1) is 15.1. The van der Waals surface area contributed by atoms with Gasteiger partial charge in [-0.15, -0.1) is 0 Å². The van der Waals surface area contributed by atoms with Crippen molar-refractivity contribution < 1.29 is 14.6 Å². The average Bonchev–Trinajstić information content (AvgIpc) is 2.97. The van der Waals surface area contributed by atoms with Crippen molar-refractivity contribution in [2.75, 3.05) is 13.7 Å². The van der Waals surface area contributed by atoms with Crippen LogP contribution in [0.25, 0.3) is 11.3 Å². The number of nitrogens with zero attached hydrogens (tertiary/aromatic N) is 1. The predicted molar refractivity (Wildman–Crippen MR) is 79.2 cm³/mol. The van der Waals surface area contributed by atoms with E-state index in [-0.39, 0.29) is 18.6 Å². The molecule has 0 bridgehead atoms. The van der Waals surface area contributed by atoms with Gasteiger partial charge in [-0.2, -0.15) is 5.10 Å². The zero-order chi connectivity index (χ0) is 15.2. The van der Waals surface area contributed by atoms with Crippen molar-refractivity contribution in [3.63, 3.8) is 0 Å². The number of ether oxygens (including phenoxy) is 1. The zero-order valence-electron chi connectivity index (χ0n) is 12.1. The molecule has 1 atom stereocenters. The molecule has 0 spiro atoms. The van der Waals surface area contributed by atoms with Crippen LogP contribution in [0.15, 0.2) is 30.3 Å². The van der Waals surface area contributed by atoms with Crippen molar-refractivity contribution in [1.29, 1.82) is 0 Å². The van der Waals surface area contributed by atoms with E-state index in [2.05, 4.69) is 15.5 Å². The molecule has 0 radical (unpaired) electrons. The molecule has 2 rings (SSSR count). The highest BCUT2D eigenvalue weighted by atomic mass is 16.5. The summed E-state index contributed by atoms with van der Waals surface area (Å²) in [5, 5.41) is 18.5. The van der Waals surface area contributed by atoms with Crippen LogP contribution < -0.4 is 10.1 Å². The summed E-state index contributed by atoms with van der Waals surface area (Å²) in [6.07, 6.45) is 0.516. The molecule has 6 nitrogen and oxygen atoms in total. The summed E-state index contributed by atoms with van der Waals surface area (Å²) in [6, 6.07) is 9.06. The fourth-order valence-corrected chi connectivity index (χ4v) is 1.94. The Balaban J connectivity index is 2.12. The highest BCUT2D eigenvalue weighted by Gasteiger charge is 2.13. The van der Waals surface area contributed by atoms with Crippen LogP contribution in [-0.2, 0) is 0 Å². The Morgan fingerprint density at radius 2 is 2.29 bits per heavy atom. The topological polar surface area (TPSA) is 87.2 Å². The Morgan fingerprint density at radius 1 is 1.48 bits per heavy atom. The van der Waals surface area contributed by atoms with Crippen LogP contribution >= 0.6 is 0 Å². The van der Waals surface area contributed by atoms with Crippen LogP contribution in [0.5, 0.6) is 5.75 Å². The van der Waals surface area contributed by atoms with Gasteiger partial charge in [0.05, 0.1) is 12.8 Å². The maximum atomic E-state index is 12.0. The van der Waals surface area contributed by atoms with E-state index in [0.29, 0.717) is 17.8 Å². The number of carbonyl (C=O) groups is 1. The van der Waals surface area contributed by atoms with Crippen LogP contribution in [0.2, 0.25) is 0 Å². The molecule has 0 saturated heterocycles. The third-order valence-electron chi connectivity index (χ3n) is 3.13. The number of methoxy groups -OCH3 is 1. The summed E-state index contributed by atoms with van der Waals surface area (Å²) in [7, 11) is 1.60. The second kappa shape index (κ2) is 6.90. The van der Waals surface area contributed by atoms with Crippen LogP contribution in [0.4, 0.5) is 0 Å². The molecule has 1 amide bonds. The van der Waals surface area contributed by atoms with Crippen LogP contribution in [0.1, 0.15) is 23.8 Å². The van der Waals surface area contributed by atoms with Gasteiger partial charge in [-0.1, -0.05) is 12.1 Å². The van der Waals surface area contributed by atoms with Gasteiger partial charge in [0.2, 0.25) is 0 Å². The number of aliphatic hydroxyl groups excluding tert-OH is 1. The number of aromatic amines is 1. The molecule has 3 N–H and O–H groups in total. The quantitative estimate of drug-likeness (QED) is 0.753. The number of rotatable bonds is 6. The predicted octanol–water partition coefficient (Wildman–Crippen LogP) is 1.59. The maximum Gasteiger partial charge on any atom is 0.269 e. The lowest BCUT2D eigenvalue weighted by atomic mass is 10.1. The Bertz CT molecular complexity index is 610. The van der Waals surface area contributed by atoms with Gasteiger partial charge >= 0.3 is 0 Å².